The molecule has 1 aliphatic carbocycles. The molecule has 82 valence electrons. The summed E-state index contributed by atoms with van der Waals surface area (Å²) >= 11 is 0. The Morgan fingerprint density at radius 3 is 2.43 bits per heavy atom. The number of nitrogens with zero attached hydrogens (tertiary/aromatic N) is 1. The summed E-state index contributed by atoms with van der Waals surface area (Å²) < 4.78 is 26.0. The molecule has 2 aliphatic rings. The van der Waals surface area contributed by atoms with Crippen LogP contribution in [0.15, 0.2) is 0 Å². The molecule has 1 heterocycles. The predicted molar refractivity (Wildman–Crippen MR) is 51.3 cm³/mol. The zero-order valence-electron chi connectivity index (χ0n) is 8.76. The Morgan fingerprint density at radius 1 is 1.50 bits per heavy atom. The van der Waals surface area contributed by atoms with Crippen LogP contribution in [0.2, 0.25) is 0 Å². The van der Waals surface area contributed by atoms with Gasteiger partial charge in [-0.05, 0) is 13.3 Å². The number of alkyl halides is 2. The van der Waals surface area contributed by atoms with Crippen LogP contribution in [0.4, 0.5) is 8.78 Å². The van der Waals surface area contributed by atoms with E-state index in [0.717, 1.165) is 13.0 Å². The van der Waals surface area contributed by atoms with E-state index in [1.165, 1.54) is 0 Å². The van der Waals surface area contributed by atoms with Gasteiger partial charge in [-0.25, -0.2) is 8.78 Å². The molecule has 2 nitrogen and oxygen atoms in total. The molecule has 0 amide bonds. The van der Waals surface area contributed by atoms with Gasteiger partial charge in [-0.15, -0.1) is 0 Å². The Hall–Kier alpha value is -0.220. The number of halogens is 2. The zero-order chi connectivity index (χ0) is 10.6. The lowest BCUT2D eigenvalue weighted by molar-refractivity contribution is 0.0519. The topological polar surface area (TPSA) is 29.3 Å². The molecule has 0 aromatic heterocycles. The molecule has 1 saturated carbocycles. The van der Waals surface area contributed by atoms with E-state index in [-0.39, 0.29) is 12.5 Å². The molecular weight excluding hydrogens is 186 g/mol. The molecule has 1 saturated heterocycles. The van der Waals surface area contributed by atoms with Crippen LogP contribution in [-0.4, -0.2) is 36.0 Å². The molecule has 1 aliphatic heterocycles. The summed E-state index contributed by atoms with van der Waals surface area (Å²) in [5, 5.41) is 0. The van der Waals surface area contributed by atoms with Crippen molar-refractivity contribution < 1.29 is 8.78 Å². The minimum absolute atomic E-state index is 0.0401. The van der Waals surface area contributed by atoms with Gasteiger partial charge < -0.3 is 5.73 Å². The van der Waals surface area contributed by atoms with Gasteiger partial charge in [-0.3, -0.25) is 4.90 Å². The molecule has 2 rings (SSSR count). The minimum Gasteiger partial charge on any atom is -0.326 e. The van der Waals surface area contributed by atoms with Crippen LogP contribution in [-0.2, 0) is 0 Å². The molecule has 3 atom stereocenters. The molecule has 0 aromatic carbocycles. The van der Waals surface area contributed by atoms with Gasteiger partial charge in [-0.2, -0.15) is 0 Å². The molecule has 3 unspecified atom stereocenters. The largest absolute Gasteiger partial charge is 0.326 e. The van der Waals surface area contributed by atoms with E-state index < -0.39 is 11.3 Å². The Bertz CT molecular complexity index is 244. The Balaban J connectivity index is 1.93. The van der Waals surface area contributed by atoms with E-state index in [0.29, 0.717) is 12.6 Å². The summed E-state index contributed by atoms with van der Waals surface area (Å²) in [5.74, 6) is -2.45. The minimum atomic E-state index is -2.45. The van der Waals surface area contributed by atoms with E-state index in [1.807, 2.05) is 0 Å². The number of nitrogens with two attached hydrogens (primary N) is 1. The fourth-order valence-electron chi connectivity index (χ4n) is 2.43. The maximum absolute atomic E-state index is 13.0. The third-order valence-electron chi connectivity index (χ3n) is 3.66. The lowest BCUT2D eigenvalue weighted by atomic mass is 10.1. The van der Waals surface area contributed by atoms with E-state index in [1.54, 1.807) is 6.92 Å². The summed E-state index contributed by atoms with van der Waals surface area (Å²) in [4.78, 5) is 2.10. The van der Waals surface area contributed by atoms with E-state index >= 15 is 0 Å². The van der Waals surface area contributed by atoms with Gasteiger partial charge in [0.05, 0.1) is 0 Å². The fraction of sp³-hybridized carbons (Fsp3) is 1.00. The first kappa shape index (κ1) is 10.3. The van der Waals surface area contributed by atoms with Crippen LogP contribution in [0.25, 0.3) is 0 Å². The second-order valence-corrected chi connectivity index (χ2v) is 5.22. The Kier molecular flexibility index (Phi) is 2.13. The van der Waals surface area contributed by atoms with Crippen LogP contribution in [0.5, 0.6) is 0 Å². The van der Waals surface area contributed by atoms with Crippen molar-refractivity contribution in [2.45, 2.75) is 44.7 Å². The highest BCUT2D eigenvalue weighted by atomic mass is 19.3. The molecule has 2 fully saturated rings. The summed E-state index contributed by atoms with van der Waals surface area (Å²) in [5.41, 5.74) is 5.01. The molecule has 0 bridgehead atoms. The van der Waals surface area contributed by atoms with Gasteiger partial charge in [0.15, 0.2) is 0 Å². The maximum Gasteiger partial charge on any atom is 0.255 e. The van der Waals surface area contributed by atoms with Crippen molar-refractivity contribution in [3.63, 3.8) is 0 Å². The third kappa shape index (κ3) is 1.54. The number of hydrogen-bond donors (Lipinski definition) is 1. The molecular formula is C10H18F2N2. The summed E-state index contributed by atoms with van der Waals surface area (Å²) in [6.45, 7) is 5.00. The maximum atomic E-state index is 13.0. The first-order chi connectivity index (χ1) is 6.34. The average Bonchev–Trinajstić information content (AvgIpc) is 2.28. The normalized spacial score (nSPS) is 46.9. The van der Waals surface area contributed by atoms with Crippen LogP contribution in [0.1, 0.15) is 26.7 Å². The number of hydrogen-bond acceptors (Lipinski definition) is 2. The average molecular weight is 204 g/mol. The third-order valence-corrected chi connectivity index (χ3v) is 3.66. The highest BCUT2D eigenvalue weighted by Crippen LogP contribution is 2.60. The monoisotopic (exact) mass is 204 g/mol. The van der Waals surface area contributed by atoms with Crippen molar-refractivity contribution in [2.75, 3.05) is 13.1 Å². The van der Waals surface area contributed by atoms with E-state index in [9.17, 15) is 8.78 Å². The van der Waals surface area contributed by atoms with Crippen molar-refractivity contribution in [1.29, 1.82) is 0 Å². The van der Waals surface area contributed by atoms with Crippen LogP contribution >= 0.6 is 0 Å². The first-order valence-electron chi connectivity index (χ1n) is 5.21. The summed E-state index contributed by atoms with van der Waals surface area (Å²) in [6.07, 6.45) is 0.972. The molecule has 0 aromatic rings. The van der Waals surface area contributed by atoms with Gasteiger partial charge >= 0.3 is 0 Å². The predicted octanol–water partition coefficient (Wildman–Crippen LogP) is 1.45. The lowest BCUT2D eigenvalue weighted by Crippen LogP contribution is -2.35. The highest BCUT2D eigenvalue weighted by molar-refractivity contribution is 5.09. The molecule has 2 N–H and O–H groups in total. The van der Waals surface area contributed by atoms with E-state index in [4.69, 9.17) is 5.73 Å². The second-order valence-electron chi connectivity index (χ2n) is 5.22. The SMILES string of the molecule is CC1CC(N)CN1CC1(C)CC1(F)F. The van der Waals surface area contributed by atoms with Crippen LogP contribution in [0, 0.1) is 5.41 Å². The summed E-state index contributed by atoms with van der Waals surface area (Å²) in [6, 6.07) is 0.527. The standard InChI is InChI=1S/C10H18F2N2/c1-7-3-8(13)4-14(7)6-9(2)5-10(9,11)12/h7-8H,3-6,13H2,1-2H3. The first-order valence-corrected chi connectivity index (χ1v) is 5.21. The number of likely N-dealkylation sites (tertiary alicyclic amines) is 1. The Morgan fingerprint density at radius 2 is 2.07 bits per heavy atom. The van der Waals surface area contributed by atoms with Crippen molar-refractivity contribution >= 4 is 0 Å². The summed E-state index contributed by atoms with van der Waals surface area (Å²) in [7, 11) is 0. The van der Waals surface area contributed by atoms with Crippen molar-refractivity contribution in [1.82, 2.24) is 4.90 Å². The van der Waals surface area contributed by atoms with Crippen molar-refractivity contribution in [3.8, 4) is 0 Å². The Labute approximate surface area is 83.4 Å². The fourth-order valence-corrected chi connectivity index (χ4v) is 2.43. The highest BCUT2D eigenvalue weighted by Gasteiger charge is 2.68. The smallest absolute Gasteiger partial charge is 0.255 e. The van der Waals surface area contributed by atoms with Crippen molar-refractivity contribution in [2.24, 2.45) is 11.1 Å². The molecule has 0 radical (unpaired) electrons. The quantitative estimate of drug-likeness (QED) is 0.737. The van der Waals surface area contributed by atoms with Gasteiger partial charge in [0, 0.05) is 37.0 Å². The lowest BCUT2D eigenvalue weighted by Gasteiger charge is -2.24. The van der Waals surface area contributed by atoms with Gasteiger partial charge in [0.2, 0.25) is 0 Å². The molecule has 0 spiro atoms. The van der Waals surface area contributed by atoms with Crippen LogP contribution in [0.3, 0.4) is 0 Å². The number of rotatable bonds is 2. The van der Waals surface area contributed by atoms with Gasteiger partial charge in [0.1, 0.15) is 0 Å². The second kappa shape index (κ2) is 2.89. The zero-order valence-corrected chi connectivity index (χ0v) is 8.76. The van der Waals surface area contributed by atoms with E-state index in [2.05, 4.69) is 11.8 Å². The van der Waals surface area contributed by atoms with Crippen LogP contribution < -0.4 is 5.73 Å². The van der Waals surface area contributed by atoms with Crippen molar-refractivity contribution in [3.05, 3.63) is 0 Å². The molecule has 4 heteroatoms. The van der Waals surface area contributed by atoms with Gasteiger partial charge in [-0.1, -0.05) is 6.92 Å². The molecule has 14 heavy (non-hydrogen) atoms. The van der Waals surface area contributed by atoms with Gasteiger partial charge in [0.25, 0.3) is 5.92 Å².